The number of amides is 1. The number of alkyl halides is 1. The minimum Gasteiger partial charge on any atom is -0.445 e. The minimum atomic E-state index is -1.13. The monoisotopic (exact) mass is 555 g/mol. The van der Waals surface area contributed by atoms with Gasteiger partial charge in [-0.1, -0.05) is 29.8 Å². The molecule has 1 amide bonds. The molecule has 1 aliphatic rings. The van der Waals surface area contributed by atoms with Crippen molar-refractivity contribution in [1.29, 1.82) is 0 Å². The van der Waals surface area contributed by atoms with E-state index in [0.717, 1.165) is 22.2 Å². The highest BCUT2D eigenvalue weighted by atomic mass is 127. The number of hydrogen-bond donors (Lipinski definition) is 1. The van der Waals surface area contributed by atoms with Crippen LogP contribution in [0.5, 0.6) is 0 Å². The second kappa shape index (κ2) is 10.0. The minimum absolute atomic E-state index is 0.0350. The molecule has 0 saturated carbocycles. The summed E-state index contributed by atoms with van der Waals surface area (Å²) in [7, 11) is 1.53. The van der Waals surface area contributed by atoms with Crippen molar-refractivity contribution < 1.29 is 13.9 Å². The first-order chi connectivity index (χ1) is 15.0. The average molecular weight is 555 g/mol. The molecule has 1 aromatic carbocycles. The van der Waals surface area contributed by atoms with Gasteiger partial charge in [-0.25, -0.2) is 14.2 Å². The summed E-state index contributed by atoms with van der Waals surface area (Å²) in [5, 5.41) is 4.11. The smallest absolute Gasteiger partial charge is 0.410 e. The Labute approximate surface area is 196 Å². The van der Waals surface area contributed by atoms with Gasteiger partial charge in [0.25, 0.3) is 0 Å². The molecule has 0 spiro atoms. The van der Waals surface area contributed by atoms with Crippen LogP contribution in [0.1, 0.15) is 17.5 Å². The first-order valence-corrected chi connectivity index (χ1v) is 13.3. The number of carbonyl (C=O) groups excluding carboxylic acids is 1. The van der Waals surface area contributed by atoms with E-state index in [1.165, 1.54) is 14.0 Å². The molecule has 1 saturated heterocycles. The number of anilines is 1. The van der Waals surface area contributed by atoms with Gasteiger partial charge >= 0.3 is 6.09 Å². The highest BCUT2D eigenvalue weighted by Crippen LogP contribution is 2.25. The molecule has 3 aromatic rings. The van der Waals surface area contributed by atoms with Gasteiger partial charge in [-0.15, -0.1) is 0 Å². The zero-order valence-electron chi connectivity index (χ0n) is 17.0. The average Bonchev–Trinajstić information content (AvgIpc) is 3.20. The summed E-state index contributed by atoms with van der Waals surface area (Å²) in [6.45, 7) is 3.11. The molecule has 1 N–H and O–H groups in total. The molecule has 1 aliphatic heterocycles. The van der Waals surface area contributed by atoms with Gasteiger partial charge in [-0.2, -0.15) is 4.98 Å². The van der Waals surface area contributed by atoms with Crippen molar-refractivity contribution >= 4 is 53.4 Å². The normalized spacial score (nSPS) is 18.9. The lowest BCUT2D eigenvalue weighted by Gasteiger charge is -2.34. The Morgan fingerprint density at radius 2 is 2.16 bits per heavy atom. The molecule has 0 bridgehead atoms. The fraction of sp³-hybridized carbons (Fsp3) is 0.381. The van der Waals surface area contributed by atoms with Gasteiger partial charge in [0.05, 0.1) is 6.54 Å². The predicted molar refractivity (Wildman–Crippen MR) is 129 cm³/mol. The molecule has 2 unspecified atom stereocenters. The van der Waals surface area contributed by atoms with E-state index in [4.69, 9.17) is 4.74 Å². The number of aryl methyl sites for hydroxylation is 1. The number of hydrogen-bond acceptors (Lipinski definition) is 6. The van der Waals surface area contributed by atoms with Crippen LogP contribution in [-0.2, 0) is 11.3 Å². The summed E-state index contributed by atoms with van der Waals surface area (Å²) in [4.78, 5) is 22.6. The molecule has 2 aromatic heterocycles. The molecule has 2 atom stereocenters. The molecule has 10 heteroatoms. The Hall–Kier alpha value is -2.08. The largest absolute Gasteiger partial charge is 0.445 e. The third-order valence-electron chi connectivity index (χ3n) is 5.41. The third kappa shape index (κ3) is 5.40. The molecule has 4 rings (SSSR count). The van der Waals surface area contributed by atoms with Crippen LogP contribution in [0.4, 0.5) is 15.1 Å². The maximum Gasteiger partial charge on any atom is 0.410 e. The Kier molecular flexibility index (Phi) is 7.16. The number of nitrogens with one attached hydrogen (secondary N) is 1. The van der Waals surface area contributed by atoms with E-state index in [1.54, 1.807) is 6.20 Å². The molecule has 164 valence electrons. The number of ether oxygens (including phenoxy) is 1. The molecule has 1 fully saturated rings. The topological polar surface area (TPSA) is 72.3 Å². The molecule has 0 radical (unpaired) electrons. The van der Waals surface area contributed by atoms with Crippen molar-refractivity contribution in [2.45, 2.75) is 26.1 Å². The standard InChI is InChI=1S/C21H23FIN5O2S/c1-14-2-4-15(5-3-14)13-30-21(29)27-8-6-16(18(22)12-27)10-24-20-25-11-17-7-9-28(31-23)19(17)26-20/h2-5,7,9,11,16,18H,6,8,10,12-13H2,1H3,(H,24,25,26). The lowest BCUT2D eigenvalue weighted by atomic mass is 9.95. The highest BCUT2D eigenvalue weighted by Gasteiger charge is 2.32. The van der Waals surface area contributed by atoms with Gasteiger partial charge in [0.15, 0.2) is 5.65 Å². The molecule has 7 nitrogen and oxygen atoms in total. The summed E-state index contributed by atoms with van der Waals surface area (Å²) in [5.41, 5.74) is 2.88. The number of likely N-dealkylation sites (tertiary alicyclic amines) is 1. The van der Waals surface area contributed by atoms with Crippen LogP contribution in [0.2, 0.25) is 0 Å². The van der Waals surface area contributed by atoms with Crippen LogP contribution in [0.25, 0.3) is 11.0 Å². The van der Waals surface area contributed by atoms with E-state index in [9.17, 15) is 9.18 Å². The number of carbonyl (C=O) groups is 1. The zero-order valence-corrected chi connectivity index (χ0v) is 20.0. The molecule has 3 heterocycles. The van der Waals surface area contributed by atoms with Crippen molar-refractivity contribution in [3.8, 4) is 0 Å². The third-order valence-corrected chi connectivity index (χ3v) is 7.12. The van der Waals surface area contributed by atoms with E-state index in [-0.39, 0.29) is 19.1 Å². The number of rotatable bonds is 6. The van der Waals surface area contributed by atoms with Crippen molar-refractivity contribution in [1.82, 2.24) is 18.8 Å². The Morgan fingerprint density at radius 1 is 1.35 bits per heavy atom. The fourth-order valence-electron chi connectivity index (χ4n) is 3.53. The first kappa shape index (κ1) is 22.1. The van der Waals surface area contributed by atoms with Crippen molar-refractivity contribution in [2.75, 3.05) is 25.0 Å². The summed E-state index contributed by atoms with van der Waals surface area (Å²) in [6, 6.07) is 9.74. The van der Waals surface area contributed by atoms with Gasteiger partial charge in [-0.3, -0.25) is 3.97 Å². The Bertz CT molecular complexity index is 1050. The van der Waals surface area contributed by atoms with Crippen LogP contribution in [0.3, 0.4) is 0 Å². The molecular weight excluding hydrogens is 532 g/mol. The summed E-state index contributed by atoms with van der Waals surface area (Å²) < 4.78 is 22.1. The van der Waals surface area contributed by atoms with Crippen molar-refractivity contribution in [3.05, 3.63) is 53.9 Å². The van der Waals surface area contributed by atoms with E-state index in [1.807, 2.05) is 47.4 Å². The molecule has 0 aliphatic carbocycles. The van der Waals surface area contributed by atoms with Crippen molar-refractivity contribution in [2.24, 2.45) is 5.92 Å². The van der Waals surface area contributed by atoms with Crippen LogP contribution in [0, 0.1) is 12.8 Å². The number of fused-ring (bicyclic) bond motifs is 1. The second-order valence-electron chi connectivity index (χ2n) is 7.61. The maximum atomic E-state index is 14.8. The van der Waals surface area contributed by atoms with Gasteiger partial charge in [0.2, 0.25) is 5.95 Å². The van der Waals surface area contributed by atoms with Crippen LogP contribution in [-0.4, -0.2) is 50.7 Å². The second-order valence-corrected chi connectivity index (χ2v) is 9.33. The Balaban J connectivity index is 1.27. The summed E-state index contributed by atoms with van der Waals surface area (Å²) >= 11 is 2.19. The highest BCUT2D eigenvalue weighted by molar-refractivity contribution is 14.2. The van der Waals surface area contributed by atoms with Gasteiger partial charge in [0, 0.05) is 67.1 Å². The van der Waals surface area contributed by atoms with Crippen LogP contribution in [0.15, 0.2) is 42.7 Å². The lowest BCUT2D eigenvalue weighted by Crippen LogP contribution is -2.46. The first-order valence-electron chi connectivity index (χ1n) is 10.0. The van der Waals surface area contributed by atoms with E-state index < -0.39 is 12.3 Å². The number of aromatic nitrogens is 3. The quantitative estimate of drug-likeness (QED) is 0.432. The summed E-state index contributed by atoms with van der Waals surface area (Å²) in [5.74, 6) is 0.260. The number of piperidine rings is 1. The van der Waals surface area contributed by atoms with Crippen LogP contribution >= 0.6 is 30.3 Å². The number of benzene rings is 1. The van der Waals surface area contributed by atoms with E-state index in [0.29, 0.717) is 25.5 Å². The summed E-state index contributed by atoms with van der Waals surface area (Å²) in [6.07, 6.45) is 2.64. The van der Waals surface area contributed by atoms with Crippen LogP contribution < -0.4 is 5.32 Å². The zero-order chi connectivity index (χ0) is 21.8. The van der Waals surface area contributed by atoms with E-state index in [2.05, 4.69) is 36.5 Å². The van der Waals surface area contributed by atoms with Gasteiger partial charge < -0.3 is 15.0 Å². The Morgan fingerprint density at radius 3 is 2.90 bits per heavy atom. The SMILES string of the molecule is Cc1ccc(COC(=O)N2CCC(CNc3ncc4ccn(SI)c4n3)C(F)C2)cc1. The maximum absolute atomic E-state index is 14.8. The number of nitrogens with zero attached hydrogens (tertiary/aromatic N) is 4. The predicted octanol–water partition coefficient (Wildman–Crippen LogP) is 4.99. The van der Waals surface area contributed by atoms with E-state index >= 15 is 0 Å². The molecule has 31 heavy (non-hydrogen) atoms. The fourth-order valence-corrected chi connectivity index (χ4v) is 4.80. The lowest BCUT2D eigenvalue weighted by molar-refractivity contribution is 0.0544. The molecular formula is C21H23FIN5O2S. The number of halogens is 2. The van der Waals surface area contributed by atoms with Gasteiger partial charge in [0.1, 0.15) is 12.8 Å². The van der Waals surface area contributed by atoms with Gasteiger partial charge in [-0.05, 0) is 25.0 Å². The van der Waals surface area contributed by atoms with Crippen molar-refractivity contribution in [3.63, 3.8) is 0 Å².